The molecule has 52 heavy (non-hydrogen) atoms. The van der Waals surface area contributed by atoms with Crippen LogP contribution < -0.4 is 20.9 Å². The molecule has 0 heterocycles. The standard InChI is InChI=1S/C42H45NO9/c1-18-12-26-27(13-20-4-8-24(47)9-5-20)40(43-23-6-10-25(48)11-7-23)34-28(49)14-21(16-44)31-32-22(17-45)15-29(50)35-37(32)38(33(26)36(31)34)39(30(18)19(2)46)42(52-3)41(35)51/h12,14-15,20,23-25,30,43-45,47-48,51H,4-11,13,16-17H2,1-3H3. The van der Waals surface area contributed by atoms with Gasteiger partial charge in [0.25, 0.3) is 0 Å². The highest BCUT2D eigenvalue weighted by Crippen LogP contribution is 2.56. The van der Waals surface area contributed by atoms with Crippen molar-refractivity contribution in [3.05, 3.63) is 66.0 Å². The number of ketones is 1. The minimum absolute atomic E-state index is 0.00569. The van der Waals surface area contributed by atoms with Crippen molar-refractivity contribution >= 4 is 60.6 Å². The largest absolute Gasteiger partial charge is 0.504 e. The fourth-order valence-corrected chi connectivity index (χ4v) is 9.94. The number of carbonyl (C=O) groups is 1. The van der Waals surface area contributed by atoms with Crippen LogP contribution in [0.15, 0.2) is 27.3 Å². The summed E-state index contributed by atoms with van der Waals surface area (Å²) in [4.78, 5) is 42.3. The van der Waals surface area contributed by atoms with Gasteiger partial charge in [0.1, 0.15) is 5.78 Å². The second-order valence-corrected chi connectivity index (χ2v) is 15.4. The van der Waals surface area contributed by atoms with Crippen LogP contribution in [0.1, 0.15) is 98.9 Å². The Balaban J connectivity index is 1.66. The lowest BCUT2D eigenvalue weighted by Gasteiger charge is -2.32. The van der Waals surface area contributed by atoms with E-state index in [1.165, 1.54) is 26.2 Å². The molecule has 272 valence electrons. The lowest BCUT2D eigenvalue weighted by Crippen LogP contribution is -2.29. The van der Waals surface area contributed by atoms with E-state index in [0.29, 0.717) is 105 Å². The number of hydrogen-bond donors (Lipinski definition) is 6. The molecule has 10 nitrogen and oxygen atoms in total. The predicted molar refractivity (Wildman–Crippen MR) is 202 cm³/mol. The van der Waals surface area contributed by atoms with Gasteiger partial charge in [-0.25, -0.2) is 0 Å². The zero-order chi connectivity index (χ0) is 36.7. The first-order chi connectivity index (χ1) is 25.0. The van der Waals surface area contributed by atoms with Crippen molar-refractivity contribution < 1.29 is 35.1 Å². The first-order valence-electron chi connectivity index (χ1n) is 18.5. The molecule has 10 heteroatoms. The molecule has 6 N–H and O–H groups in total. The number of hydrogen-bond acceptors (Lipinski definition) is 10. The van der Waals surface area contributed by atoms with E-state index >= 15 is 0 Å². The second kappa shape index (κ2) is 12.9. The molecule has 2 fully saturated rings. The van der Waals surface area contributed by atoms with Crippen LogP contribution in [0.3, 0.4) is 0 Å². The number of methoxy groups -OCH3 is 1. The van der Waals surface area contributed by atoms with Crippen molar-refractivity contribution in [2.75, 3.05) is 12.4 Å². The average molecular weight is 708 g/mol. The number of aliphatic hydroxyl groups excluding tert-OH is 4. The number of ether oxygens (including phenoxy) is 1. The van der Waals surface area contributed by atoms with Crippen LogP contribution in [0.2, 0.25) is 0 Å². The Hall–Kier alpha value is -4.35. The summed E-state index contributed by atoms with van der Waals surface area (Å²) in [7, 11) is 1.39. The minimum Gasteiger partial charge on any atom is -0.504 e. The third-order valence-corrected chi connectivity index (χ3v) is 12.3. The Morgan fingerprint density at radius 3 is 1.90 bits per heavy atom. The average Bonchev–Trinajstić information content (AvgIpc) is 3.25. The van der Waals surface area contributed by atoms with Crippen LogP contribution in [-0.4, -0.2) is 56.7 Å². The molecular formula is C42H45NO9. The third kappa shape index (κ3) is 5.10. The molecule has 0 spiro atoms. The van der Waals surface area contributed by atoms with Crippen molar-refractivity contribution in [1.29, 1.82) is 0 Å². The topological polar surface area (TPSA) is 174 Å². The van der Waals surface area contributed by atoms with Gasteiger partial charge in [0.2, 0.25) is 0 Å². The molecule has 8 rings (SSSR count). The van der Waals surface area contributed by atoms with Gasteiger partial charge >= 0.3 is 0 Å². The summed E-state index contributed by atoms with van der Waals surface area (Å²) in [6, 6.07) is 2.69. The number of benzene rings is 5. The van der Waals surface area contributed by atoms with Crippen molar-refractivity contribution in [2.45, 2.75) is 109 Å². The number of rotatable bonds is 8. The fourth-order valence-electron chi connectivity index (χ4n) is 9.94. The summed E-state index contributed by atoms with van der Waals surface area (Å²) in [6.07, 6.45) is 7.44. The van der Waals surface area contributed by atoms with Crippen LogP contribution in [0, 0.1) is 5.92 Å². The molecule has 3 aliphatic carbocycles. The van der Waals surface area contributed by atoms with Crippen molar-refractivity contribution in [1.82, 2.24) is 0 Å². The molecule has 3 aliphatic rings. The van der Waals surface area contributed by atoms with Gasteiger partial charge in [-0.3, -0.25) is 14.4 Å². The minimum atomic E-state index is -0.869. The summed E-state index contributed by atoms with van der Waals surface area (Å²) in [5.74, 6) is -1.27. The molecule has 1 atom stereocenters. The van der Waals surface area contributed by atoms with E-state index in [9.17, 15) is 39.9 Å². The number of nitrogens with one attached hydrogen (secondary N) is 1. The van der Waals surface area contributed by atoms with E-state index in [2.05, 4.69) is 5.32 Å². The number of phenolic OH excluding ortho intramolecular Hbond substituents is 1. The van der Waals surface area contributed by atoms with Gasteiger partial charge in [0, 0.05) is 22.4 Å². The molecule has 0 saturated heterocycles. The van der Waals surface area contributed by atoms with Crippen molar-refractivity contribution in [3.63, 3.8) is 0 Å². The molecule has 0 bridgehead atoms. The third-order valence-electron chi connectivity index (χ3n) is 12.3. The number of anilines is 1. The Kier molecular flexibility index (Phi) is 8.65. The van der Waals surface area contributed by atoms with Gasteiger partial charge in [-0.15, -0.1) is 0 Å². The maximum Gasteiger partial charge on any atom is 0.190 e. The van der Waals surface area contributed by atoms with Gasteiger partial charge in [-0.05, 0) is 133 Å². The quantitative estimate of drug-likeness (QED) is 0.0894. The number of phenols is 1. The van der Waals surface area contributed by atoms with Crippen LogP contribution >= 0.6 is 0 Å². The first-order valence-corrected chi connectivity index (χ1v) is 18.5. The van der Waals surface area contributed by atoms with E-state index in [4.69, 9.17) is 4.74 Å². The molecule has 0 amide bonds. The van der Waals surface area contributed by atoms with Crippen molar-refractivity contribution in [2.24, 2.45) is 5.92 Å². The van der Waals surface area contributed by atoms with Gasteiger partial charge in [-0.1, -0.05) is 11.6 Å². The van der Waals surface area contributed by atoms with Crippen LogP contribution in [0.5, 0.6) is 11.5 Å². The van der Waals surface area contributed by atoms with Crippen LogP contribution in [-0.2, 0) is 24.4 Å². The van der Waals surface area contributed by atoms with Gasteiger partial charge in [-0.2, -0.15) is 0 Å². The maximum atomic E-state index is 14.6. The molecule has 2 saturated carbocycles. The van der Waals surface area contributed by atoms with Crippen LogP contribution in [0.25, 0.3) is 49.2 Å². The highest BCUT2D eigenvalue weighted by molar-refractivity contribution is 6.39. The Morgan fingerprint density at radius 1 is 0.788 bits per heavy atom. The number of fused-ring (bicyclic) bond motifs is 1. The summed E-state index contributed by atoms with van der Waals surface area (Å²) < 4.78 is 5.88. The number of carbonyl (C=O) groups excluding carboxylic acids is 1. The lowest BCUT2D eigenvalue weighted by molar-refractivity contribution is -0.117. The normalized spacial score (nSPS) is 23.5. The van der Waals surface area contributed by atoms with Crippen LogP contribution in [0.4, 0.5) is 5.69 Å². The molecular weight excluding hydrogens is 662 g/mol. The molecule has 0 aromatic heterocycles. The number of allylic oxidation sites excluding steroid dienone is 1. The second-order valence-electron chi connectivity index (χ2n) is 15.4. The molecule has 0 radical (unpaired) electrons. The highest BCUT2D eigenvalue weighted by Gasteiger charge is 2.37. The molecule has 5 aromatic rings. The predicted octanol–water partition coefficient (Wildman–Crippen LogP) is 5.49. The Morgan fingerprint density at radius 2 is 1.35 bits per heavy atom. The Labute approximate surface area is 300 Å². The van der Waals surface area contributed by atoms with Gasteiger partial charge in [0.15, 0.2) is 22.4 Å². The van der Waals surface area contributed by atoms with E-state index in [1.54, 1.807) is 0 Å². The summed E-state index contributed by atoms with van der Waals surface area (Å²) in [6.45, 7) is 2.34. The molecule has 0 aliphatic heterocycles. The maximum absolute atomic E-state index is 14.6. The van der Waals surface area contributed by atoms with E-state index in [-0.39, 0.29) is 52.1 Å². The Bertz CT molecular complexity index is 2420. The monoisotopic (exact) mass is 707 g/mol. The SMILES string of the molecule is COc1c(O)c2c(=O)cc(CO)c3c4c(CO)cc(=O)c5c(NC6CCC(O)CC6)c(CC6CCC(O)CC6)c6c(c(c1C(C(C)=O)C(C)=C6)c23)c54. The number of aromatic hydroxyl groups is 1. The zero-order valence-corrected chi connectivity index (χ0v) is 29.8. The molecule has 5 aromatic carbocycles. The lowest BCUT2D eigenvalue weighted by atomic mass is 9.77. The summed E-state index contributed by atoms with van der Waals surface area (Å²) >= 11 is 0. The van der Waals surface area contributed by atoms with Gasteiger partial charge in [0.05, 0.1) is 54.9 Å². The number of aliphatic hydroxyl groups is 4. The van der Waals surface area contributed by atoms with E-state index in [1.807, 2.05) is 13.0 Å². The smallest absolute Gasteiger partial charge is 0.190 e. The van der Waals surface area contributed by atoms with Crippen molar-refractivity contribution in [3.8, 4) is 11.5 Å². The van der Waals surface area contributed by atoms with E-state index < -0.39 is 30.3 Å². The fraction of sp³-hybridized carbons (Fsp3) is 0.452. The summed E-state index contributed by atoms with van der Waals surface area (Å²) in [5.41, 5.74) is 3.24. The number of Topliss-reactive ketones (excluding diaryl/α,β-unsaturated/α-hetero) is 1. The zero-order valence-electron chi connectivity index (χ0n) is 29.8. The summed E-state index contributed by atoms with van der Waals surface area (Å²) in [5, 5.41) is 61.4. The molecule has 1 unspecified atom stereocenters. The first kappa shape index (κ1) is 34.7. The van der Waals surface area contributed by atoms with E-state index in [0.717, 1.165) is 24.0 Å². The van der Waals surface area contributed by atoms with Gasteiger partial charge < -0.3 is 35.6 Å². The highest BCUT2D eigenvalue weighted by atomic mass is 16.5.